The Morgan fingerprint density at radius 2 is 2.04 bits per heavy atom. The number of hydrogen-bond donors (Lipinski definition) is 4. The first-order chi connectivity index (χ1) is 11.9. The van der Waals surface area contributed by atoms with E-state index in [2.05, 4.69) is 27.8 Å². The van der Waals surface area contributed by atoms with Gasteiger partial charge < -0.3 is 21.1 Å². The molecule has 7 heteroatoms. The fraction of sp³-hybridized carbons (Fsp3) is 0.556. The Balaban J connectivity index is 1.91. The van der Waals surface area contributed by atoms with Gasteiger partial charge in [-0.25, -0.2) is 4.79 Å². The van der Waals surface area contributed by atoms with Crippen LogP contribution in [0.3, 0.4) is 0 Å². The van der Waals surface area contributed by atoms with Gasteiger partial charge in [-0.1, -0.05) is 6.92 Å². The van der Waals surface area contributed by atoms with E-state index < -0.39 is 0 Å². The Kier molecular flexibility index (Phi) is 6.64. The highest BCUT2D eigenvalue weighted by Gasteiger charge is 2.27. The van der Waals surface area contributed by atoms with Gasteiger partial charge in [-0.2, -0.15) is 0 Å². The molecule has 1 saturated carbocycles. The number of benzene rings is 1. The van der Waals surface area contributed by atoms with Crippen LogP contribution >= 0.6 is 0 Å². The van der Waals surface area contributed by atoms with Crippen molar-refractivity contribution in [3.63, 3.8) is 0 Å². The van der Waals surface area contributed by atoms with Crippen molar-refractivity contribution in [2.45, 2.75) is 45.7 Å². The number of likely N-dealkylation sites (N-methyl/N-ethyl adjacent to an activating group) is 1. The van der Waals surface area contributed by atoms with Gasteiger partial charge in [0.1, 0.15) is 5.75 Å². The molecule has 0 radical (unpaired) electrons. The van der Waals surface area contributed by atoms with Crippen molar-refractivity contribution in [2.24, 2.45) is 0 Å². The molecular weight excluding hydrogens is 320 g/mol. The Hall–Kier alpha value is -2.28. The predicted molar refractivity (Wildman–Crippen MR) is 98.0 cm³/mol. The summed E-state index contributed by atoms with van der Waals surface area (Å²) in [6, 6.07) is 4.74. The van der Waals surface area contributed by atoms with Gasteiger partial charge in [-0.05, 0) is 51.4 Å². The van der Waals surface area contributed by atoms with E-state index >= 15 is 0 Å². The maximum Gasteiger partial charge on any atom is 0.319 e. The van der Waals surface area contributed by atoms with Crippen LogP contribution < -0.4 is 16.0 Å². The molecule has 0 saturated heterocycles. The number of rotatable bonds is 8. The maximum atomic E-state index is 12.3. The number of carbonyl (C=O) groups excluding carboxylic acids is 2. The molecule has 3 amide bonds. The van der Waals surface area contributed by atoms with Crippen LogP contribution in [0.1, 0.15) is 44.0 Å². The number of carbonyl (C=O) groups is 2. The van der Waals surface area contributed by atoms with Crippen LogP contribution in [0.4, 0.5) is 10.5 Å². The molecule has 0 bridgehead atoms. The van der Waals surface area contributed by atoms with E-state index in [1.165, 1.54) is 25.0 Å². The summed E-state index contributed by atoms with van der Waals surface area (Å²) in [5.41, 5.74) is 0.603. The minimum atomic E-state index is -0.352. The molecule has 1 fully saturated rings. The van der Waals surface area contributed by atoms with Gasteiger partial charge in [0.2, 0.25) is 0 Å². The van der Waals surface area contributed by atoms with Gasteiger partial charge in [-0.15, -0.1) is 0 Å². The lowest BCUT2D eigenvalue weighted by molar-refractivity contribution is 0.0945. The molecule has 0 aliphatic heterocycles. The Morgan fingerprint density at radius 3 is 2.64 bits per heavy atom. The topological polar surface area (TPSA) is 93.7 Å². The van der Waals surface area contributed by atoms with Crippen molar-refractivity contribution >= 4 is 17.6 Å². The van der Waals surface area contributed by atoms with Gasteiger partial charge in [0.05, 0.1) is 5.56 Å². The monoisotopic (exact) mass is 348 g/mol. The van der Waals surface area contributed by atoms with Crippen LogP contribution in [0.2, 0.25) is 0 Å². The van der Waals surface area contributed by atoms with Crippen molar-refractivity contribution in [1.29, 1.82) is 0 Å². The molecule has 0 spiro atoms. The average molecular weight is 348 g/mol. The lowest BCUT2D eigenvalue weighted by Crippen LogP contribution is -2.36. The molecule has 1 aliphatic carbocycles. The highest BCUT2D eigenvalue weighted by Crippen LogP contribution is 2.26. The second kappa shape index (κ2) is 8.71. The van der Waals surface area contributed by atoms with E-state index in [4.69, 9.17) is 0 Å². The molecule has 0 heterocycles. The van der Waals surface area contributed by atoms with E-state index in [0.29, 0.717) is 18.3 Å². The summed E-state index contributed by atoms with van der Waals surface area (Å²) < 4.78 is 0. The molecule has 0 aromatic heterocycles. The van der Waals surface area contributed by atoms with Gasteiger partial charge >= 0.3 is 6.03 Å². The molecule has 1 aliphatic rings. The lowest BCUT2D eigenvalue weighted by atomic mass is 10.1. The number of aromatic hydroxyl groups is 1. The quantitative estimate of drug-likeness (QED) is 0.542. The zero-order chi connectivity index (χ0) is 18.4. The predicted octanol–water partition coefficient (Wildman–Crippen LogP) is 2.14. The van der Waals surface area contributed by atoms with Gasteiger partial charge in [-0.3, -0.25) is 9.69 Å². The van der Waals surface area contributed by atoms with Crippen molar-refractivity contribution < 1.29 is 14.7 Å². The Bertz CT molecular complexity index is 614. The summed E-state index contributed by atoms with van der Waals surface area (Å²) in [4.78, 5) is 26.4. The third-order valence-corrected chi connectivity index (χ3v) is 4.07. The number of urea groups is 1. The minimum Gasteiger partial charge on any atom is -0.507 e. The van der Waals surface area contributed by atoms with Crippen LogP contribution in [-0.4, -0.2) is 53.7 Å². The van der Waals surface area contributed by atoms with E-state index in [0.717, 1.165) is 13.1 Å². The second-order valence-corrected chi connectivity index (χ2v) is 6.60. The standard InChI is InChI=1S/C18H28N4O3/c1-4-22(14-6-7-14)10-9-19-17(24)15-11-13(5-8-16(15)23)21-18(25)20-12(2)3/h5,8,11-12,14,23H,4,6-7,9-10H2,1-3H3,(H,19,24)(H2,20,21,25). The fourth-order valence-electron chi connectivity index (χ4n) is 2.67. The number of anilines is 1. The third kappa shape index (κ3) is 5.94. The SMILES string of the molecule is CCN(CCNC(=O)c1cc(NC(=O)NC(C)C)ccc1O)C1CC1. The molecular formula is C18H28N4O3. The van der Waals surface area contributed by atoms with Gasteiger partial charge in [0, 0.05) is 30.9 Å². The number of nitrogens with one attached hydrogen (secondary N) is 3. The lowest BCUT2D eigenvalue weighted by Gasteiger charge is -2.19. The van der Waals surface area contributed by atoms with E-state index in [-0.39, 0.29) is 29.3 Å². The fourth-order valence-corrected chi connectivity index (χ4v) is 2.67. The molecule has 0 atom stereocenters. The van der Waals surface area contributed by atoms with Crippen molar-refractivity contribution in [3.05, 3.63) is 23.8 Å². The van der Waals surface area contributed by atoms with Crippen molar-refractivity contribution in [1.82, 2.24) is 15.5 Å². The summed E-state index contributed by atoms with van der Waals surface area (Å²) in [6.07, 6.45) is 2.46. The first-order valence-electron chi connectivity index (χ1n) is 8.83. The van der Waals surface area contributed by atoms with Crippen molar-refractivity contribution in [2.75, 3.05) is 25.0 Å². The van der Waals surface area contributed by atoms with Gasteiger partial charge in [0.15, 0.2) is 0 Å². The zero-order valence-electron chi connectivity index (χ0n) is 15.1. The Morgan fingerprint density at radius 1 is 1.32 bits per heavy atom. The van der Waals surface area contributed by atoms with E-state index in [1.807, 2.05) is 13.8 Å². The average Bonchev–Trinajstić information content (AvgIpc) is 3.37. The Labute approximate surface area is 148 Å². The van der Waals surface area contributed by atoms with E-state index in [1.54, 1.807) is 6.07 Å². The first-order valence-corrected chi connectivity index (χ1v) is 8.83. The summed E-state index contributed by atoms with van der Waals surface area (Å²) in [5, 5.41) is 18.1. The highest BCUT2D eigenvalue weighted by atomic mass is 16.3. The summed E-state index contributed by atoms with van der Waals surface area (Å²) in [6.45, 7) is 8.11. The summed E-state index contributed by atoms with van der Waals surface area (Å²) in [5.74, 6) is -0.459. The highest BCUT2D eigenvalue weighted by molar-refractivity contribution is 5.99. The van der Waals surface area contributed by atoms with Crippen LogP contribution in [0, 0.1) is 0 Å². The molecule has 4 N–H and O–H groups in total. The molecule has 1 aromatic carbocycles. The second-order valence-electron chi connectivity index (χ2n) is 6.60. The van der Waals surface area contributed by atoms with Crippen molar-refractivity contribution in [3.8, 4) is 5.75 Å². The number of hydrogen-bond acceptors (Lipinski definition) is 4. The zero-order valence-corrected chi connectivity index (χ0v) is 15.1. The number of phenols is 1. The van der Waals surface area contributed by atoms with Crippen LogP contribution in [0.25, 0.3) is 0 Å². The number of amides is 3. The largest absolute Gasteiger partial charge is 0.507 e. The van der Waals surface area contributed by atoms with E-state index in [9.17, 15) is 14.7 Å². The smallest absolute Gasteiger partial charge is 0.319 e. The summed E-state index contributed by atoms with van der Waals surface area (Å²) >= 11 is 0. The molecule has 25 heavy (non-hydrogen) atoms. The van der Waals surface area contributed by atoms with Gasteiger partial charge in [0.25, 0.3) is 5.91 Å². The van der Waals surface area contributed by atoms with Crippen LogP contribution in [0.15, 0.2) is 18.2 Å². The normalized spacial score (nSPS) is 13.8. The number of nitrogens with zero attached hydrogens (tertiary/aromatic N) is 1. The van der Waals surface area contributed by atoms with Crippen LogP contribution in [-0.2, 0) is 0 Å². The molecule has 138 valence electrons. The number of phenolic OH excluding ortho intramolecular Hbond substituents is 1. The third-order valence-electron chi connectivity index (χ3n) is 4.07. The molecule has 7 nitrogen and oxygen atoms in total. The first kappa shape index (κ1) is 19.1. The van der Waals surface area contributed by atoms with Crippen LogP contribution in [0.5, 0.6) is 5.75 Å². The maximum absolute atomic E-state index is 12.3. The molecule has 1 aromatic rings. The minimum absolute atomic E-state index is 0.00728. The molecule has 2 rings (SSSR count). The molecule has 0 unspecified atom stereocenters. The summed E-state index contributed by atoms with van der Waals surface area (Å²) in [7, 11) is 0.